The van der Waals surface area contributed by atoms with E-state index in [1.165, 1.54) is 46.6 Å². The second kappa shape index (κ2) is 16.1. The van der Waals surface area contributed by atoms with Crippen molar-refractivity contribution < 1.29 is 4.39 Å². The smallest absolute Gasteiger partial charge is 0.158 e. The minimum absolute atomic E-state index is 0.305. The van der Waals surface area contributed by atoms with Crippen LogP contribution in [0.4, 0.5) is 9.39 Å². The molecule has 30 heavy (non-hydrogen) atoms. The Kier molecular flexibility index (Phi) is 15.2. The molecule has 2 aromatic rings. The summed E-state index contributed by atoms with van der Waals surface area (Å²) < 4.78 is 13.3. The van der Waals surface area contributed by atoms with Gasteiger partial charge in [0.1, 0.15) is 21.7 Å². The van der Waals surface area contributed by atoms with Crippen LogP contribution in [0.25, 0.3) is 0 Å². The van der Waals surface area contributed by atoms with Gasteiger partial charge in [-0.2, -0.15) is 0 Å². The predicted octanol–water partition coefficient (Wildman–Crippen LogP) is 5.80. The van der Waals surface area contributed by atoms with Crippen molar-refractivity contribution in [3.63, 3.8) is 0 Å². The fraction of sp³-hybridized carbons (Fsp3) is 0.250. The van der Waals surface area contributed by atoms with E-state index in [-0.39, 0.29) is 5.82 Å². The van der Waals surface area contributed by atoms with Gasteiger partial charge in [0, 0.05) is 18.3 Å². The number of amidine groups is 1. The Hall–Kier alpha value is -1.65. The molecule has 1 aliphatic heterocycles. The number of rotatable bonds is 3. The molecule has 0 atom stereocenters. The number of nitrogens with one attached hydrogen (secondary N) is 1. The van der Waals surface area contributed by atoms with E-state index >= 15 is 0 Å². The molecule has 2 heterocycles. The number of aliphatic imine (C=N–C) groups is 1. The molecule has 1 aromatic carbocycles. The summed E-state index contributed by atoms with van der Waals surface area (Å²) in [7, 11) is 1.70. The zero-order valence-electron chi connectivity index (χ0n) is 17.8. The number of anilines is 1. The molecule has 0 spiro atoms. The first-order valence-corrected chi connectivity index (χ1v) is 12.6. The number of hydrogen-bond acceptors (Lipinski definition) is 7. The van der Waals surface area contributed by atoms with Gasteiger partial charge in [0.05, 0.1) is 5.56 Å². The van der Waals surface area contributed by atoms with Gasteiger partial charge in [0.15, 0.2) is 5.82 Å². The van der Waals surface area contributed by atoms with Crippen LogP contribution >= 0.6 is 46.5 Å². The van der Waals surface area contributed by atoms with Gasteiger partial charge in [-0.25, -0.2) is 10.2 Å². The predicted molar refractivity (Wildman–Crippen MR) is 137 cm³/mol. The summed E-state index contributed by atoms with van der Waals surface area (Å²) in [6.45, 7) is 7.44. The molecule has 0 saturated heterocycles. The van der Waals surface area contributed by atoms with Crippen LogP contribution in [0.3, 0.4) is 0 Å². The molecule has 5 nitrogen and oxygen atoms in total. The highest BCUT2D eigenvalue weighted by Crippen LogP contribution is 2.34. The summed E-state index contributed by atoms with van der Waals surface area (Å²) in [5.74, 6) is 7.07. The lowest BCUT2D eigenvalue weighted by atomic mass is 10.2. The fourth-order valence-corrected chi connectivity index (χ4v) is 3.72. The lowest BCUT2D eigenvalue weighted by Gasteiger charge is -2.29. The number of nitrogens with two attached hydrogens (primary N) is 2. The largest absolute Gasteiger partial charge is 0.390 e. The molecule has 0 unspecified atom stereocenters. The number of nitrogens with zero attached hydrogens (tertiary/aromatic N) is 2. The average molecular weight is 490 g/mol. The third-order valence-electron chi connectivity index (χ3n) is 3.24. The van der Waals surface area contributed by atoms with Crippen molar-refractivity contribution in [1.29, 1.82) is 0 Å². The van der Waals surface area contributed by atoms with Crippen molar-refractivity contribution in [1.82, 2.24) is 5.32 Å². The molecule has 0 saturated carbocycles. The van der Waals surface area contributed by atoms with Gasteiger partial charge in [-0.15, -0.1) is 34.7 Å². The van der Waals surface area contributed by atoms with Crippen LogP contribution in [0.15, 0.2) is 68.4 Å². The molecule has 0 fully saturated rings. The molecule has 0 radical (unpaired) electrons. The number of fused-ring (bicyclic) bond motifs is 1. The monoisotopic (exact) mass is 489 g/mol. The minimum Gasteiger partial charge on any atom is -0.390 e. The third-order valence-corrected chi connectivity index (χ3v) is 5.39. The summed E-state index contributed by atoms with van der Waals surface area (Å²) in [6, 6.07) is 8.19. The molecule has 0 bridgehead atoms. The highest BCUT2D eigenvalue weighted by atomic mass is 35.5. The van der Waals surface area contributed by atoms with Crippen LogP contribution in [-0.4, -0.2) is 25.5 Å². The van der Waals surface area contributed by atoms with Crippen LogP contribution < -0.4 is 21.9 Å². The second-order valence-corrected chi connectivity index (χ2v) is 7.70. The number of thioether (sulfide) groups is 2. The maximum absolute atomic E-state index is 13.3. The second-order valence-electron chi connectivity index (χ2n) is 4.88. The number of benzene rings is 1. The normalized spacial score (nSPS) is 14.5. The summed E-state index contributed by atoms with van der Waals surface area (Å²) in [5.41, 5.74) is 7.08. The third kappa shape index (κ3) is 8.23. The molecular weight excluding hydrogens is 461 g/mol. The van der Waals surface area contributed by atoms with Crippen molar-refractivity contribution in [3.8, 4) is 0 Å². The maximum Gasteiger partial charge on any atom is 0.158 e. The molecule has 1 aromatic heterocycles. The molecule has 10 heteroatoms. The van der Waals surface area contributed by atoms with E-state index < -0.39 is 0 Å². The Bertz CT molecular complexity index is 839. The van der Waals surface area contributed by atoms with E-state index in [0.29, 0.717) is 21.6 Å². The van der Waals surface area contributed by atoms with Crippen LogP contribution in [0.5, 0.6) is 0 Å². The first-order chi connectivity index (χ1) is 14.5. The number of hydrazine groups is 1. The van der Waals surface area contributed by atoms with Crippen LogP contribution in [0.2, 0.25) is 0 Å². The quantitative estimate of drug-likeness (QED) is 0.287. The summed E-state index contributed by atoms with van der Waals surface area (Å²) in [5, 5.41) is 9.65. The molecule has 1 aliphatic rings. The Morgan fingerprint density at radius 1 is 1.33 bits per heavy atom. The van der Waals surface area contributed by atoms with Gasteiger partial charge < -0.3 is 11.1 Å². The minimum atomic E-state index is -0.305. The van der Waals surface area contributed by atoms with Gasteiger partial charge in [-0.05, 0) is 41.3 Å². The number of halogens is 2. The van der Waals surface area contributed by atoms with Crippen LogP contribution in [0, 0.1) is 5.82 Å². The molecule has 166 valence electrons. The van der Waals surface area contributed by atoms with Crippen molar-refractivity contribution in [3.05, 3.63) is 69.9 Å². The average Bonchev–Trinajstić information content (AvgIpc) is 3.28. The van der Waals surface area contributed by atoms with E-state index in [9.17, 15) is 4.39 Å². The van der Waals surface area contributed by atoms with Gasteiger partial charge >= 0.3 is 0 Å². The van der Waals surface area contributed by atoms with Gasteiger partial charge in [-0.1, -0.05) is 38.3 Å². The topological polar surface area (TPSA) is 79.7 Å². The summed E-state index contributed by atoms with van der Waals surface area (Å²) >= 11 is 9.00. The van der Waals surface area contributed by atoms with Crippen LogP contribution in [-0.2, 0) is 0 Å². The van der Waals surface area contributed by atoms with Gasteiger partial charge in [0.2, 0.25) is 0 Å². The number of hydrogen-bond donors (Lipinski definition) is 3. The van der Waals surface area contributed by atoms with E-state index in [1.807, 2.05) is 31.5 Å². The summed E-state index contributed by atoms with van der Waals surface area (Å²) in [6.07, 6.45) is 3.45. The molecule has 0 amide bonds. The van der Waals surface area contributed by atoms with E-state index in [4.69, 9.17) is 11.6 Å². The zero-order chi connectivity index (χ0) is 23.1. The Morgan fingerprint density at radius 2 is 1.97 bits per heavy atom. The lowest BCUT2D eigenvalue weighted by Crippen LogP contribution is -2.46. The van der Waals surface area contributed by atoms with Gasteiger partial charge in [0.25, 0.3) is 0 Å². The van der Waals surface area contributed by atoms with E-state index in [0.717, 1.165) is 10.6 Å². The van der Waals surface area contributed by atoms with Crippen LogP contribution in [0.1, 0.15) is 19.4 Å². The molecule has 3 rings (SSSR count). The van der Waals surface area contributed by atoms with Crippen molar-refractivity contribution in [2.45, 2.75) is 18.7 Å². The molecular formula is C20H29ClFN5S3. The highest BCUT2D eigenvalue weighted by Gasteiger charge is 2.26. The SMILES string of the molecule is C=CSC.CC.CCl.CN=C1N/C(=C(/N)Sc2cccc(F)c2)N(N)c2sccc21. The van der Waals surface area contributed by atoms with Gasteiger partial charge in [-0.3, -0.25) is 10.0 Å². The van der Waals surface area contributed by atoms with Crippen molar-refractivity contribution >= 4 is 57.3 Å². The summed E-state index contributed by atoms with van der Waals surface area (Å²) in [4.78, 5) is 4.92. The molecule has 0 aliphatic carbocycles. The van der Waals surface area contributed by atoms with E-state index in [2.05, 4.69) is 28.5 Å². The Morgan fingerprint density at radius 3 is 2.50 bits per heavy atom. The number of alkyl halides is 1. The number of thiophene rings is 1. The highest BCUT2D eigenvalue weighted by molar-refractivity contribution is 8.03. The first-order valence-electron chi connectivity index (χ1n) is 8.83. The first kappa shape index (κ1) is 28.4. The lowest BCUT2D eigenvalue weighted by molar-refractivity contribution is 0.624. The van der Waals surface area contributed by atoms with Crippen molar-refractivity contribution in [2.75, 3.05) is 24.7 Å². The van der Waals surface area contributed by atoms with E-state index in [1.54, 1.807) is 36.4 Å². The van der Waals surface area contributed by atoms with Crippen molar-refractivity contribution in [2.24, 2.45) is 16.6 Å². The zero-order valence-corrected chi connectivity index (χ0v) is 21.0. The maximum atomic E-state index is 13.3. The standard InChI is InChI=1S/C14H14FN5S2.C3H6S.C2H6.CH3Cl/c1-18-12-10-5-6-21-14(10)20(17)13(19-12)11(16)22-9-4-2-3-8(15)7-9;1-3-4-2;2*1-2/h2-7H,16-17H2,1H3,(H,18,19);3H,1H2,2H3;1-2H3;1H3/b13-11+;;;. The molecule has 5 N–H and O–H groups in total. The fourth-order valence-electron chi connectivity index (χ4n) is 2.07. The Labute approximate surface area is 196 Å². The Balaban J connectivity index is 0.000000924.